The van der Waals surface area contributed by atoms with Gasteiger partial charge in [-0.05, 0) is 61.9 Å². The molecule has 3 heterocycles. The van der Waals surface area contributed by atoms with Crippen LogP contribution < -0.4 is 4.90 Å². The maximum atomic E-state index is 12.9. The number of piperidine rings is 1. The molecule has 0 unspecified atom stereocenters. The lowest BCUT2D eigenvalue weighted by molar-refractivity contribution is 0.0984. The molecule has 1 aromatic heterocycles. The normalized spacial score (nSPS) is 20.4. The van der Waals surface area contributed by atoms with Crippen molar-refractivity contribution >= 4 is 21.6 Å². The number of nitrogens with one attached hydrogen (secondary N) is 1. The zero-order valence-corrected chi connectivity index (χ0v) is 16.5. The molecule has 2 aromatic rings. The van der Waals surface area contributed by atoms with Crippen molar-refractivity contribution in [3.8, 4) is 0 Å². The highest BCUT2D eigenvalue weighted by Crippen LogP contribution is 2.39. The Morgan fingerprint density at radius 3 is 2.61 bits per heavy atom. The first-order chi connectivity index (χ1) is 13.5. The number of hydrogen-bond acceptors (Lipinski definition) is 4. The monoisotopic (exact) mass is 400 g/mol. The first kappa shape index (κ1) is 17.9. The van der Waals surface area contributed by atoms with E-state index in [1.54, 1.807) is 27.4 Å². The molecule has 1 aliphatic carbocycles. The van der Waals surface area contributed by atoms with Gasteiger partial charge in [0.05, 0.1) is 4.90 Å². The Morgan fingerprint density at radius 2 is 1.86 bits per heavy atom. The fourth-order valence-corrected chi connectivity index (χ4v) is 5.76. The average molecular weight is 401 g/mol. The molecule has 0 radical (unpaired) electrons. The molecule has 7 nitrogen and oxygen atoms in total. The van der Waals surface area contributed by atoms with Crippen LogP contribution in [0, 0.1) is 0 Å². The molecule has 1 aromatic carbocycles. The Kier molecular flexibility index (Phi) is 4.28. The molecule has 0 bridgehead atoms. The van der Waals surface area contributed by atoms with Crippen molar-refractivity contribution in [3.63, 3.8) is 0 Å². The van der Waals surface area contributed by atoms with Crippen LogP contribution in [0.1, 0.15) is 59.8 Å². The van der Waals surface area contributed by atoms with Gasteiger partial charge in [-0.1, -0.05) is 6.42 Å². The fourth-order valence-electron chi connectivity index (χ4n) is 4.19. The van der Waals surface area contributed by atoms with Crippen LogP contribution in [0.15, 0.2) is 29.2 Å². The van der Waals surface area contributed by atoms with Crippen LogP contribution in [0.2, 0.25) is 0 Å². The molecule has 5 rings (SSSR count). The van der Waals surface area contributed by atoms with Crippen LogP contribution in [0.5, 0.6) is 0 Å². The molecule has 1 amide bonds. The van der Waals surface area contributed by atoms with Crippen LogP contribution in [0.4, 0.5) is 5.69 Å². The van der Waals surface area contributed by atoms with E-state index in [-0.39, 0.29) is 5.91 Å². The molecule has 28 heavy (non-hydrogen) atoms. The minimum Gasteiger partial charge on any atom is -0.306 e. The lowest BCUT2D eigenvalue weighted by atomic mass is 10.2. The van der Waals surface area contributed by atoms with Crippen molar-refractivity contribution in [1.82, 2.24) is 14.5 Å². The molecular formula is C20H24N4O3S. The molecule has 3 aliphatic rings. The summed E-state index contributed by atoms with van der Waals surface area (Å²) in [4.78, 5) is 15.0. The summed E-state index contributed by atoms with van der Waals surface area (Å²) in [5.74, 6) is 0.385. The Bertz CT molecular complexity index is 1020. The van der Waals surface area contributed by atoms with E-state index >= 15 is 0 Å². The van der Waals surface area contributed by atoms with Gasteiger partial charge in [-0.2, -0.15) is 9.40 Å². The quantitative estimate of drug-likeness (QED) is 0.855. The topological polar surface area (TPSA) is 86.4 Å². The van der Waals surface area contributed by atoms with Gasteiger partial charge in [-0.25, -0.2) is 8.42 Å². The number of carbonyl (C=O) groups is 1. The number of amides is 1. The van der Waals surface area contributed by atoms with E-state index in [4.69, 9.17) is 0 Å². The predicted molar refractivity (Wildman–Crippen MR) is 105 cm³/mol. The number of fused-ring (bicyclic) bond motifs is 1. The Morgan fingerprint density at radius 1 is 1.07 bits per heavy atom. The van der Waals surface area contributed by atoms with Gasteiger partial charge in [0.2, 0.25) is 10.0 Å². The summed E-state index contributed by atoms with van der Waals surface area (Å²) in [6.45, 7) is 1.73. The molecule has 2 fully saturated rings. The van der Waals surface area contributed by atoms with E-state index in [2.05, 4.69) is 10.2 Å². The summed E-state index contributed by atoms with van der Waals surface area (Å²) in [7, 11) is -3.46. The highest BCUT2D eigenvalue weighted by molar-refractivity contribution is 7.89. The van der Waals surface area contributed by atoms with E-state index in [9.17, 15) is 13.2 Å². The minimum absolute atomic E-state index is 0.131. The lowest BCUT2D eigenvalue weighted by Gasteiger charge is -2.26. The zero-order valence-electron chi connectivity index (χ0n) is 15.7. The van der Waals surface area contributed by atoms with E-state index in [0.29, 0.717) is 42.6 Å². The Hall–Kier alpha value is -2.19. The molecule has 1 saturated carbocycles. The van der Waals surface area contributed by atoms with Crippen LogP contribution in [0.3, 0.4) is 0 Å². The van der Waals surface area contributed by atoms with Crippen molar-refractivity contribution in [2.75, 3.05) is 24.5 Å². The van der Waals surface area contributed by atoms with E-state index in [1.165, 1.54) is 0 Å². The summed E-state index contributed by atoms with van der Waals surface area (Å²) in [6.07, 6.45) is 5.87. The number of benzene rings is 1. The number of aromatic nitrogens is 2. The van der Waals surface area contributed by atoms with Crippen molar-refractivity contribution in [1.29, 1.82) is 0 Å². The van der Waals surface area contributed by atoms with Gasteiger partial charge in [-0.15, -0.1) is 0 Å². The van der Waals surface area contributed by atoms with Gasteiger partial charge < -0.3 is 4.90 Å². The number of nitrogens with zero attached hydrogens (tertiary/aromatic N) is 3. The largest absolute Gasteiger partial charge is 0.306 e. The molecule has 148 valence electrons. The second-order valence-corrected chi connectivity index (χ2v) is 9.88. The molecule has 8 heteroatoms. The van der Waals surface area contributed by atoms with Crippen LogP contribution in [-0.2, 0) is 16.4 Å². The smallest absolute Gasteiger partial charge is 0.278 e. The number of H-pyrrole nitrogens is 1. The minimum atomic E-state index is -3.46. The second kappa shape index (κ2) is 6.70. The zero-order chi connectivity index (χ0) is 19.3. The fraction of sp³-hybridized carbons (Fsp3) is 0.500. The number of hydrogen-bond donors (Lipinski definition) is 1. The molecule has 1 N–H and O–H groups in total. The molecule has 1 saturated heterocycles. The SMILES string of the molecule is O=C(c1cc(C2CC2)[nH]n1)N1CCc2cc(S(=O)(=O)N3CCCCC3)ccc21. The van der Waals surface area contributed by atoms with E-state index in [0.717, 1.165) is 49.0 Å². The highest BCUT2D eigenvalue weighted by atomic mass is 32.2. The van der Waals surface area contributed by atoms with Gasteiger partial charge in [0, 0.05) is 36.9 Å². The lowest BCUT2D eigenvalue weighted by Crippen LogP contribution is -2.35. The van der Waals surface area contributed by atoms with Gasteiger partial charge in [0.1, 0.15) is 0 Å². The molecular weight excluding hydrogens is 376 g/mol. The van der Waals surface area contributed by atoms with E-state index in [1.807, 2.05) is 6.07 Å². The summed E-state index contributed by atoms with van der Waals surface area (Å²) >= 11 is 0. The second-order valence-electron chi connectivity index (χ2n) is 7.94. The van der Waals surface area contributed by atoms with Gasteiger partial charge in [0.15, 0.2) is 5.69 Å². The van der Waals surface area contributed by atoms with Crippen molar-refractivity contribution in [2.24, 2.45) is 0 Å². The summed E-state index contributed by atoms with van der Waals surface area (Å²) in [5, 5.41) is 7.17. The Labute approximate surface area is 164 Å². The molecule has 2 aliphatic heterocycles. The maximum absolute atomic E-state index is 12.9. The molecule has 0 atom stereocenters. The number of aromatic amines is 1. The van der Waals surface area contributed by atoms with Crippen LogP contribution >= 0.6 is 0 Å². The molecule has 0 spiro atoms. The standard InChI is InChI=1S/C20H24N4O3S/c25-20(18-13-17(21-22-18)14-4-5-14)24-11-8-15-12-16(6-7-19(15)24)28(26,27)23-9-2-1-3-10-23/h6-7,12-14H,1-5,8-11H2,(H,21,22). The number of sulfonamides is 1. The predicted octanol–water partition coefficient (Wildman–Crippen LogP) is 2.66. The third-order valence-corrected chi connectivity index (χ3v) is 7.87. The van der Waals surface area contributed by atoms with Gasteiger partial charge in [0.25, 0.3) is 5.91 Å². The van der Waals surface area contributed by atoms with Crippen LogP contribution in [0.25, 0.3) is 0 Å². The van der Waals surface area contributed by atoms with E-state index < -0.39 is 10.0 Å². The maximum Gasteiger partial charge on any atom is 0.278 e. The summed E-state index contributed by atoms with van der Waals surface area (Å²) < 4.78 is 27.4. The van der Waals surface area contributed by atoms with Crippen LogP contribution in [-0.4, -0.2) is 48.5 Å². The summed E-state index contributed by atoms with van der Waals surface area (Å²) in [5.41, 5.74) is 3.16. The number of carbonyl (C=O) groups excluding carboxylic acids is 1. The number of anilines is 1. The third-order valence-electron chi connectivity index (χ3n) is 5.98. The van der Waals surface area contributed by atoms with Gasteiger partial charge in [-0.3, -0.25) is 9.89 Å². The first-order valence-corrected chi connectivity index (χ1v) is 11.5. The highest BCUT2D eigenvalue weighted by Gasteiger charge is 2.32. The van der Waals surface area contributed by atoms with Crippen molar-refractivity contribution < 1.29 is 13.2 Å². The van der Waals surface area contributed by atoms with Gasteiger partial charge >= 0.3 is 0 Å². The third kappa shape index (κ3) is 3.04. The average Bonchev–Trinajstić information content (AvgIpc) is 3.29. The van der Waals surface area contributed by atoms with Crippen molar-refractivity contribution in [3.05, 3.63) is 41.2 Å². The first-order valence-electron chi connectivity index (χ1n) is 10.0. The summed E-state index contributed by atoms with van der Waals surface area (Å²) in [6, 6.07) is 7.00. The van der Waals surface area contributed by atoms with Crippen molar-refractivity contribution in [2.45, 2.75) is 49.3 Å². The number of rotatable bonds is 4. The Balaban J connectivity index is 1.39.